The number of hydrogen-bond donors (Lipinski definition) is 2. The van der Waals surface area contributed by atoms with Crippen LogP contribution in [0.1, 0.15) is 6.92 Å². The molecular formula is C8H12O15P4+2. The van der Waals surface area contributed by atoms with Gasteiger partial charge in [0.05, 0.1) is 7.11 Å². The number of Topliss-reactive ketones (excluding diaryl/α,β-unsaturated/α-hetero) is 1. The van der Waals surface area contributed by atoms with Gasteiger partial charge >= 0.3 is 38.1 Å². The Morgan fingerprint density at radius 3 is 1.96 bits per heavy atom. The zero-order chi connectivity index (χ0) is 20.6. The van der Waals surface area contributed by atoms with E-state index in [-0.39, 0.29) is 0 Å². The van der Waals surface area contributed by atoms with Gasteiger partial charge in [-0.15, -0.1) is 9.05 Å². The van der Waals surface area contributed by atoms with Gasteiger partial charge in [-0.05, 0) is 15.5 Å². The number of carbonyl (C=O) groups excluding carboxylic acids is 2. The van der Waals surface area contributed by atoms with E-state index in [1.807, 2.05) is 0 Å². The molecule has 0 aliphatic carbocycles. The van der Waals surface area contributed by atoms with Crippen LogP contribution in [0.3, 0.4) is 0 Å². The first-order valence-corrected chi connectivity index (χ1v) is 11.8. The lowest BCUT2D eigenvalue weighted by Gasteiger charge is -2.26. The van der Waals surface area contributed by atoms with E-state index in [0.29, 0.717) is 0 Å². The highest BCUT2D eigenvalue weighted by atomic mass is 31.2. The largest absolute Gasteiger partial charge is 0.709 e. The van der Waals surface area contributed by atoms with Crippen molar-refractivity contribution in [3.05, 3.63) is 0 Å². The Hall–Kier alpha value is -0.520. The molecule has 2 saturated heterocycles. The van der Waals surface area contributed by atoms with E-state index in [1.54, 1.807) is 0 Å². The van der Waals surface area contributed by atoms with Crippen molar-refractivity contribution in [2.45, 2.75) is 31.3 Å². The number of carbonyl (C=O) groups is 2. The van der Waals surface area contributed by atoms with Crippen LogP contribution in [-0.4, -0.2) is 53.1 Å². The van der Waals surface area contributed by atoms with Crippen molar-refractivity contribution < 1.29 is 69.1 Å². The normalized spacial score (nSPS) is 43.4. The average molecular weight is 472 g/mol. The average Bonchev–Trinajstić information content (AvgIpc) is 2.71. The Balaban J connectivity index is 2.54. The highest BCUT2D eigenvalue weighted by molar-refractivity contribution is 7.56. The standard InChI is InChI=1S/C8H10O15P4/c1-3(9)4-6(20-26(13,14)22-24(11)18-4)5-7(8(10)17-2)21-27(15,16)23-25(12)19-5/h4-7H,1-2H3/p+2/t4-,5+,6+,7-/m0/s1. The molecule has 0 amide bonds. The Morgan fingerprint density at radius 1 is 0.926 bits per heavy atom. The number of rotatable bonds is 3. The minimum Gasteiger partial charge on any atom is -0.467 e. The maximum absolute atomic E-state index is 11.9. The molecule has 27 heavy (non-hydrogen) atoms. The van der Waals surface area contributed by atoms with Gasteiger partial charge in [0.2, 0.25) is 12.2 Å². The number of ether oxygens (including phenoxy) is 1. The molecule has 0 aromatic carbocycles. The Bertz CT molecular complexity index is 763. The van der Waals surface area contributed by atoms with Crippen LogP contribution in [0.25, 0.3) is 0 Å². The summed E-state index contributed by atoms with van der Waals surface area (Å²) < 4.78 is 78.1. The summed E-state index contributed by atoms with van der Waals surface area (Å²) in [5, 5.41) is 0. The summed E-state index contributed by atoms with van der Waals surface area (Å²) in [5.74, 6) is -2.31. The second-order valence-corrected chi connectivity index (χ2v) is 9.79. The Labute approximate surface area is 152 Å². The van der Waals surface area contributed by atoms with Crippen molar-refractivity contribution in [1.82, 2.24) is 0 Å². The van der Waals surface area contributed by atoms with Gasteiger partial charge < -0.3 is 4.74 Å². The Morgan fingerprint density at radius 2 is 1.44 bits per heavy atom. The number of hydrogen-bond acceptors (Lipinski definition) is 13. The molecule has 0 spiro atoms. The molecule has 2 aliphatic heterocycles. The van der Waals surface area contributed by atoms with Gasteiger partial charge in [-0.3, -0.25) is 23.6 Å². The van der Waals surface area contributed by atoms with Crippen LogP contribution in [-0.2, 0) is 59.3 Å². The fraction of sp³-hybridized carbons (Fsp3) is 0.750. The molecule has 8 atom stereocenters. The summed E-state index contributed by atoms with van der Waals surface area (Å²) in [6.07, 6.45) is -8.39. The summed E-state index contributed by atoms with van der Waals surface area (Å²) >= 11 is 0. The third kappa shape index (κ3) is 5.74. The molecule has 0 aromatic heterocycles. The molecule has 19 heteroatoms. The molecule has 2 N–H and O–H groups in total. The molecule has 2 aliphatic rings. The number of ketones is 1. The molecule has 0 radical (unpaired) electrons. The van der Waals surface area contributed by atoms with E-state index in [0.717, 1.165) is 14.0 Å². The van der Waals surface area contributed by atoms with Crippen molar-refractivity contribution in [2.75, 3.05) is 7.11 Å². The van der Waals surface area contributed by atoms with Gasteiger partial charge in [0.1, 0.15) is 6.10 Å². The van der Waals surface area contributed by atoms with Crippen LogP contribution in [0.2, 0.25) is 0 Å². The first-order chi connectivity index (χ1) is 12.3. The smallest absolute Gasteiger partial charge is 0.467 e. The lowest BCUT2D eigenvalue weighted by atomic mass is 10.0. The predicted molar refractivity (Wildman–Crippen MR) is 79.2 cm³/mol. The SMILES string of the molecule is COC(=O)[C@H]1OP(=O)(O)O[P+](=O)O[C@@H]1[C@@H]1OP(=O)(O)O[P+](=O)O[C@H]1C(C)=O. The van der Waals surface area contributed by atoms with Crippen molar-refractivity contribution in [3.63, 3.8) is 0 Å². The lowest BCUT2D eigenvalue weighted by molar-refractivity contribution is -0.160. The minimum atomic E-state index is -5.13. The topological polar surface area (TPSA) is 207 Å². The zero-order valence-corrected chi connectivity index (χ0v) is 16.9. The van der Waals surface area contributed by atoms with Gasteiger partial charge in [0, 0.05) is 9.13 Å². The summed E-state index contributed by atoms with van der Waals surface area (Å²) in [6.45, 7) is 0.899. The highest BCUT2D eigenvalue weighted by Gasteiger charge is 2.62. The number of phosphoric ester groups is 2. The van der Waals surface area contributed by atoms with Gasteiger partial charge in [0.15, 0.2) is 11.9 Å². The lowest BCUT2D eigenvalue weighted by Crippen LogP contribution is -2.51. The molecule has 0 saturated carbocycles. The molecule has 4 unspecified atom stereocenters. The van der Waals surface area contributed by atoms with Gasteiger partial charge in [-0.1, -0.05) is 0 Å². The van der Waals surface area contributed by atoms with Crippen LogP contribution in [0.4, 0.5) is 0 Å². The number of phosphoric acid groups is 2. The first-order valence-electron chi connectivity index (χ1n) is 6.63. The van der Waals surface area contributed by atoms with E-state index in [1.165, 1.54) is 0 Å². The minimum absolute atomic E-state index is 0.848. The molecule has 152 valence electrons. The van der Waals surface area contributed by atoms with Crippen molar-refractivity contribution in [1.29, 1.82) is 0 Å². The van der Waals surface area contributed by atoms with Crippen molar-refractivity contribution in [3.8, 4) is 0 Å². The van der Waals surface area contributed by atoms with E-state index in [2.05, 4.69) is 26.9 Å². The van der Waals surface area contributed by atoms with E-state index in [4.69, 9.17) is 4.52 Å². The molecule has 2 fully saturated rings. The monoisotopic (exact) mass is 472 g/mol. The maximum Gasteiger partial charge on any atom is 0.709 e. The molecule has 0 aromatic rings. The van der Waals surface area contributed by atoms with Crippen LogP contribution in [0.5, 0.6) is 0 Å². The third-order valence-electron chi connectivity index (χ3n) is 3.00. The fourth-order valence-electron chi connectivity index (χ4n) is 2.03. The van der Waals surface area contributed by atoms with Crippen molar-refractivity contribution in [2.24, 2.45) is 0 Å². The zero-order valence-electron chi connectivity index (χ0n) is 13.3. The second-order valence-electron chi connectivity index (χ2n) is 4.87. The predicted octanol–water partition coefficient (Wildman–Crippen LogP) is 0.865. The summed E-state index contributed by atoms with van der Waals surface area (Å²) in [7, 11) is -16.2. The van der Waals surface area contributed by atoms with Gasteiger partial charge in [0.25, 0.3) is 0 Å². The summed E-state index contributed by atoms with van der Waals surface area (Å²) in [6, 6.07) is 0. The molecule has 2 heterocycles. The highest BCUT2D eigenvalue weighted by Crippen LogP contribution is 2.61. The molecule has 2 rings (SSSR count). The maximum atomic E-state index is 11.9. The Kier molecular flexibility index (Phi) is 7.13. The summed E-state index contributed by atoms with van der Waals surface area (Å²) in [5.41, 5.74) is 0. The quantitative estimate of drug-likeness (QED) is 0.431. The molecule has 15 nitrogen and oxygen atoms in total. The van der Waals surface area contributed by atoms with Gasteiger partial charge in [-0.2, -0.15) is 0 Å². The fourth-order valence-corrected chi connectivity index (χ4v) is 5.91. The summed E-state index contributed by atoms with van der Waals surface area (Å²) in [4.78, 5) is 42.8. The molecule has 0 bridgehead atoms. The number of esters is 1. The van der Waals surface area contributed by atoms with E-state index in [9.17, 15) is 37.6 Å². The van der Waals surface area contributed by atoms with Gasteiger partial charge in [-0.25, -0.2) is 13.9 Å². The number of methoxy groups -OCH3 is 1. The first kappa shape index (κ1) is 22.8. The van der Waals surface area contributed by atoms with Crippen LogP contribution in [0, 0.1) is 0 Å². The second kappa shape index (κ2) is 8.46. The third-order valence-corrected chi connectivity index (χ3v) is 7.54. The van der Waals surface area contributed by atoms with Crippen LogP contribution < -0.4 is 0 Å². The van der Waals surface area contributed by atoms with E-state index < -0.39 is 68.3 Å². The van der Waals surface area contributed by atoms with Crippen LogP contribution in [0.15, 0.2) is 0 Å². The van der Waals surface area contributed by atoms with Crippen LogP contribution >= 0.6 is 32.2 Å². The van der Waals surface area contributed by atoms with Crippen molar-refractivity contribution >= 4 is 43.9 Å². The van der Waals surface area contributed by atoms with E-state index >= 15 is 0 Å². The molecular weight excluding hydrogens is 460 g/mol.